The number of carbonyl (C=O) groups is 2. The van der Waals surface area contributed by atoms with Crippen LogP contribution in [-0.2, 0) is 14.3 Å². The van der Waals surface area contributed by atoms with Crippen molar-refractivity contribution in [2.75, 3.05) is 12.3 Å². The second-order valence-electron chi connectivity index (χ2n) is 4.21. The van der Waals surface area contributed by atoms with E-state index in [0.717, 1.165) is 5.56 Å². The van der Waals surface area contributed by atoms with Gasteiger partial charge in [-0.15, -0.1) is 0 Å². The van der Waals surface area contributed by atoms with Crippen LogP contribution in [0.15, 0.2) is 18.2 Å². The number of hydrogen-bond donors (Lipinski definition) is 1. The number of nitrogens with two attached hydrogens (primary N) is 1. The van der Waals surface area contributed by atoms with Gasteiger partial charge < -0.3 is 15.2 Å². The summed E-state index contributed by atoms with van der Waals surface area (Å²) >= 11 is 0. The summed E-state index contributed by atoms with van der Waals surface area (Å²) in [4.78, 5) is 22.9. The molecule has 0 atom stereocenters. The third kappa shape index (κ3) is 4.08. The van der Waals surface area contributed by atoms with Gasteiger partial charge in [-0.3, -0.25) is 0 Å². The van der Waals surface area contributed by atoms with Gasteiger partial charge in [0.15, 0.2) is 6.61 Å². The van der Waals surface area contributed by atoms with Crippen LogP contribution < -0.4 is 5.73 Å². The summed E-state index contributed by atoms with van der Waals surface area (Å²) in [6.07, 6.45) is -0.236. The number of esters is 2. The van der Waals surface area contributed by atoms with E-state index in [9.17, 15) is 9.59 Å². The summed E-state index contributed by atoms with van der Waals surface area (Å²) in [7, 11) is 0. The van der Waals surface area contributed by atoms with Gasteiger partial charge in [-0.1, -0.05) is 11.6 Å². The molecule has 1 aromatic carbocycles. The molecule has 98 valence electrons. The lowest BCUT2D eigenvalue weighted by molar-refractivity contribution is -0.150. The number of aryl methyl sites for hydroxylation is 1. The predicted molar refractivity (Wildman–Crippen MR) is 67.1 cm³/mol. The van der Waals surface area contributed by atoms with Crippen molar-refractivity contribution >= 4 is 17.6 Å². The molecule has 0 spiro atoms. The Bertz CT molecular complexity index is 454. The maximum absolute atomic E-state index is 11.7. The molecular weight excluding hydrogens is 234 g/mol. The van der Waals surface area contributed by atoms with Crippen LogP contribution in [0, 0.1) is 6.92 Å². The first-order valence-corrected chi connectivity index (χ1v) is 5.63. The molecule has 0 bridgehead atoms. The minimum atomic E-state index is -0.628. The molecule has 5 heteroatoms. The van der Waals surface area contributed by atoms with Gasteiger partial charge in [0.25, 0.3) is 0 Å². The monoisotopic (exact) mass is 251 g/mol. The fourth-order valence-electron chi connectivity index (χ4n) is 1.35. The van der Waals surface area contributed by atoms with Gasteiger partial charge in [0.1, 0.15) is 0 Å². The maximum atomic E-state index is 11.7. The topological polar surface area (TPSA) is 78.6 Å². The molecule has 18 heavy (non-hydrogen) atoms. The first kappa shape index (κ1) is 14.0. The molecule has 0 aliphatic carbocycles. The zero-order chi connectivity index (χ0) is 13.7. The standard InChI is InChI=1S/C13H17NO4/c1-8(2)18-12(15)7-17-13(16)10-6-9(3)4-5-11(10)14/h4-6,8H,7,14H2,1-3H3. The maximum Gasteiger partial charge on any atom is 0.344 e. The van der Waals surface area contributed by atoms with Crippen molar-refractivity contribution in [3.8, 4) is 0 Å². The molecule has 0 amide bonds. The Balaban J connectivity index is 2.60. The Labute approximate surface area is 106 Å². The van der Waals surface area contributed by atoms with E-state index >= 15 is 0 Å². The second kappa shape index (κ2) is 6.05. The van der Waals surface area contributed by atoms with Crippen LogP contribution in [0.3, 0.4) is 0 Å². The Morgan fingerprint density at radius 2 is 2.00 bits per heavy atom. The van der Waals surface area contributed by atoms with Crippen LogP contribution in [0.1, 0.15) is 29.8 Å². The summed E-state index contributed by atoms with van der Waals surface area (Å²) < 4.78 is 9.68. The van der Waals surface area contributed by atoms with Crippen molar-refractivity contribution in [3.63, 3.8) is 0 Å². The fourth-order valence-corrected chi connectivity index (χ4v) is 1.35. The molecule has 2 N–H and O–H groups in total. The number of anilines is 1. The number of hydrogen-bond acceptors (Lipinski definition) is 5. The van der Waals surface area contributed by atoms with Gasteiger partial charge in [0.05, 0.1) is 11.7 Å². The van der Waals surface area contributed by atoms with E-state index in [1.807, 2.05) is 6.92 Å². The fraction of sp³-hybridized carbons (Fsp3) is 0.385. The summed E-state index contributed by atoms with van der Waals surface area (Å²) in [5, 5.41) is 0. The largest absolute Gasteiger partial charge is 0.460 e. The van der Waals surface area contributed by atoms with Crippen LogP contribution in [0.4, 0.5) is 5.69 Å². The van der Waals surface area contributed by atoms with Gasteiger partial charge in [-0.2, -0.15) is 0 Å². The van der Waals surface area contributed by atoms with Crippen molar-refractivity contribution < 1.29 is 19.1 Å². The first-order chi connectivity index (χ1) is 8.40. The Morgan fingerprint density at radius 1 is 1.33 bits per heavy atom. The van der Waals surface area contributed by atoms with Crippen molar-refractivity contribution in [2.45, 2.75) is 26.9 Å². The van der Waals surface area contributed by atoms with Crippen LogP contribution >= 0.6 is 0 Å². The molecule has 5 nitrogen and oxygen atoms in total. The molecule has 0 unspecified atom stereocenters. The van der Waals surface area contributed by atoms with E-state index in [2.05, 4.69) is 0 Å². The Hall–Kier alpha value is -2.04. The Morgan fingerprint density at radius 3 is 2.61 bits per heavy atom. The highest BCUT2D eigenvalue weighted by molar-refractivity contribution is 5.96. The molecule has 0 radical (unpaired) electrons. The average Bonchev–Trinajstić information content (AvgIpc) is 2.28. The molecule has 1 aromatic rings. The third-order valence-electron chi connectivity index (χ3n) is 2.12. The lowest BCUT2D eigenvalue weighted by Crippen LogP contribution is -2.20. The SMILES string of the molecule is Cc1ccc(N)c(C(=O)OCC(=O)OC(C)C)c1. The zero-order valence-electron chi connectivity index (χ0n) is 10.7. The normalized spacial score (nSPS) is 10.2. The highest BCUT2D eigenvalue weighted by atomic mass is 16.6. The summed E-state index contributed by atoms with van der Waals surface area (Å²) in [5.41, 5.74) is 7.13. The molecule has 0 heterocycles. The van der Waals surface area contributed by atoms with Crippen LogP contribution in [-0.4, -0.2) is 24.6 Å². The van der Waals surface area contributed by atoms with Gasteiger partial charge in [-0.25, -0.2) is 9.59 Å². The van der Waals surface area contributed by atoms with Crippen LogP contribution in [0.2, 0.25) is 0 Å². The molecule has 0 aliphatic rings. The van der Waals surface area contributed by atoms with Gasteiger partial charge in [0, 0.05) is 5.69 Å². The average molecular weight is 251 g/mol. The van der Waals surface area contributed by atoms with Gasteiger partial charge in [0.2, 0.25) is 0 Å². The molecule has 0 aromatic heterocycles. The van der Waals surface area contributed by atoms with E-state index in [-0.39, 0.29) is 11.7 Å². The minimum absolute atomic E-state index is 0.236. The molecule has 0 fully saturated rings. The molecular formula is C13H17NO4. The lowest BCUT2D eigenvalue weighted by atomic mass is 10.1. The van der Waals surface area contributed by atoms with E-state index in [1.165, 1.54) is 0 Å². The highest BCUT2D eigenvalue weighted by Crippen LogP contribution is 2.14. The van der Waals surface area contributed by atoms with Crippen molar-refractivity contribution in [1.82, 2.24) is 0 Å². The van der Waals surface area contributed by atoms with E-state index in [4.69, 9.17) is 15.2 Å². The Kier molecular flexibility index (Phi) is 4.71. The van der Waals surface area contributed by atoms with Gasteiger partial charge in [-0.05, 0) is 32.9 Å². The smallest absolute Gasteiger partial charge is 0.344 e. The van der Waals surface area contributed by atoms with Crippen LogP contribution in [0.25, 0.3) is 0 Å². The third-order valence-corrected chi connectivity index (χ3v) is 2.12. The number of benzene rings is 1. The molecule has 0 aliphatic heterocycles. The predicted octanol–water partition coefficient (Wildman–Crippen LogP) is 1.69. The van der Waals surface area contributed by atoms with Crippen molar-refractivity contribution in [3.05, 3.63) is 29.3 Å². The summed E-state index contributed by atoms with van der Waals surface area (Å²) in [6.45, 7) is 4.87. The number of nitrogen functional groups attached to an aromatic ring is 1. The van der Waals surface area contributed by atoms with Crippen molar-refractivity contribution in [1.29, 1.82) is 0 Å². The quantitative estimate of drug-likeness (QED) is 0.650. The minimum Gasteiger partial charge on any atom is -0.460 e. The number of ether oxygens (including phenoxy) is 2. The van der Waals surface area contributed by atoms with Gasteiger partial charge >= 0.3 is 11.9 Å². The first-order valence-electron chi connectivity index (χ1n) is 5.63. The number of rotatable bonds is 4. The zero-order valence-corrected chi connectivity index (χ0v) is 10.7. The van der Waals surface area contributed by atoms with Crippen molar-refractivity contribution in [2.24, 2.45) is 0 Å². The van der Waals surface area contributed by atoms with E-state index < -0.39 is 18.5 Å². The molecule has 0 saturated heterocycles. The molecule has 1 rings (SSSR count). The second-order valence-corrected chi connectivity index (χ2v) is 4.21. The van der Waals surface area contributed by atoms with Crippen LogP contribution in [0.5, 0.6) is 0 Å². The lowest BCUT2D eigenvalue weighted by Gasteiger charge is -2.09. The highest BCUT2D eigenvalue weighted by Gasteiger charge is 2.14. The summed E-state index contributed by atoms with van der Waals surface area (Å²) in [5.74, 6) is -1.21. The molecule has 0 saturated carbocycles. The van der Waals surface area contributed by atoms with E-state index in [1.54, 1.807) is 32.0 Å². The summed E-state index contributed by atoms with van der Waals surface area (Å²) in [6, 6.07) is 5.03. The van der Waals surface area contributed by atoms with E-state index in [0.29, 0.717) is 5.69 Å². The number of carbonyl (C=O) groups excluding carboxylic acids is 2.